The predicted molar refractivity (Wildman–Crippen MR) is 103 cm³/mol. The number of hydrogen-bond acceptors (Lipinski definition) is 4. The van der Waals surface area contributed by atoms with Gasteiger partial charge in [0.1, 0.15) is 11.6 Å². The van der Waals surface area contributed by atoms with Gasteiger partial charge < -0.3 is 14.0 Å². The summed E-state index contributed by atoms with van der Waals surface area (Å²) in [5.74, 6) is 0.0896. The van der Waals surface area contributed by atoms with Crippen molar-refractivity contribution in [3.8, 4) is 11.5 Å². The highest BCUT2D eigenvalue weighted by atomic mass is 35.5. The molecule has 0 fully saturated rings. The molecule has 3 aromatic rings. The van der Waals surface area contributed by atoms with E-state index < -0.39 is 12.7 Å². The topological polar surface area (TPSA) is 48.3 Å². The maximum atomic E-state index is 14.4. The number of alkyl halides is 2. The fourth-order valence-corrected chi connectivity index (χ4v) is 3.28. The summed E-state index contributed by atoms with van der Waals surface area (Å²) in [7, 11) is 3.14. The number of methoxy groups -OCH3 is 1. The molecule has 3 rings (SSSR count). The standard InChI is InChI=1S/C20H19ClF3N3O2/c1-27-8-7-25-19(27)17(13-5-3-4-6-15(13)22)26-11-12-9-14(21)18(29-20(23)24)16(10-12)28-2/h3-10,17,20,26H,11H2,1-2H3/t17-/m1/s1. The number of hydrogen-bond donors (Lipinski definition) is 1. The van der Waals surface area contributed by atoms with E-state index in [0.29, 0.717) is 17.0 Å². The minimum Gasteiger partial charge on any atom is -0.493 e. The zero-order valence-electron chi connectivity index (χ0n) is 15.7. The van der Waals surface area contributed by atoms with Gasteiger partial charge >= 0.3 is 6.61 Å². The molecule has 0 aliphatic rings. The van der Waals surface area contributed by atoms with E-state index in [-0.39, 0.29) is 28.9 Å². The molecule has 0 amide bonds. The Labute approximate surface area is 171 Å². The van der Waals surface area contributed by atoms with Gasteiger partial charge in [-0.2, -0.15) is 8.78 Å². The number of ether oxygens (including phenoxy) is 2. The average molecular weight is 426 g/mol. The molecule has 1 atom stereocenters. The molecule has 0 aliphatic carbocycles. The maximum Gasteiger partial charge on any atom is 0.387 e. The monoisotopic (exact) mass is 425 g/mol. The molecule has 0 aliphatic heterocycles. The van der Waals surface area contributed by atoms with E-state index in [9.17, 15) is 13.2 Å². The Kier molecular flexibility index (Phi) is 6.66. The molecule has 1 aromatic heterocycles. The minimum absolute atomic E-state index is 0.0131. The van der Waals surface area contributed by atoms with Crippen LogP contribution in [0, 0.1) is 5.82 Å². The summed E-state index contributed by atoms with van der Waals surface area (Å²) >= 11 is 6.10. The van der Waals surface area contributed by atoms with Gasteiger partial charge in [-0.1, -0.05) is 29.8 Å². The Morgan fingerprint density at radius 3 is 2.62 bits per heavy atom. The van der Waals surface area contributed by atoms with E-state index in [1.807, 2.05) is 7.05 Å². The number of rotatable bonds is 8. The number of aromatic nitrogens is 2. The normalized spacial score (nSPS) is 12.2. The molecule has 1 N–H and O–H groups in total. The van der Waals surface area contributed by atoms with Crippen molar-refractivity contribution in [3.05, 3.63) is 76.6 Å². The first-order chi connectivity index (χ1) is 13.9. The molecule has 0 bridgehead atoms. The minimum atomic E-state index is -3.03. The van der Waals surface area contributed by atoms with Crippen LogP contribution in [0.15, 0.2) is 48.8 Å². The van der Waals surface area contributed by atoms with Gasteiger partial charge in [-0.3, -0.25) is 5.32 Å². The summed E-state index contributed by atoms with van der Waals surface area (Å²) in [4.78, 5) is 4.32. The predicted octanol–water partition coefficient (Wildman–Crippen LogP) is 4.70. The Morgan fingerprint density at radius 2 is 2.00 bits per heavy atom. The van der Waals surface area contributed by atoms with E-state index >= 15 is 0 Å². The SMILES string of the molecule is COc1cc(CN[C@H](c2ccccc2F)c2nccn2C)cc(Cl)c1OC(F)F. The van der Waals surface area contributed by atoms with Crippen LogP contribution in [0.2, 0.25) is 5.02 Å². The third kappa shape index (κ3) is 4.83. The first-order valence-electron chi connectivity index (χ1n) is 8.67. The Morgan fingerprint density at radius 1 is 1.24 bits per heavy atom. The molecule has 29 heavy (non-hydrogen) atoms. The number of benzene rings is 2. The summed E-state index contributed by atoms with van der Waals surface area (Å²) in [6.07, 6.45) is 3.39. The van der Waals surface area contributed by atoms with Gasteiger partial charge in [-0.05, 0) is 23.8 Å². The summed E-state index contributed by atoms with van der Waals surface area (Å²) in [5.41, 5.74) is 1.07. The third-order valence-corrected chi connectivity index (χ3v) is 4.62. The van der Waals surface area contributed by atoms with E-state index in [2.05, 4.69) is 15.0 Å². The number of aryl methyl sites for hydroxylation is 1. The quantitative estimate of drug-likeness (QED) is 0.568. The van der Waals surface area contributed by atoms with Crippen LogP contribution in [0.3, 0.4) is 0 Å². The van der Waals surface area contributed by atoms with Crippen LogP contribution in [0.4, 0.5) is 13.2 Å². The summed E-state index contributed by atoms with van der Waals surface area (Å²) in [6, 6.07) is 8.89. The van der Waals surface area contributed by atoms with Crippen LogP contribution in [-0.4, -0.2) is 23.3 Å². The second kappa shape index (κ2) is 9.19. The van der Waals surface area contributed by atoms with Gasteiger partial charge in [-0.25, -0.2) is 9.37 Å². The zero-order valence-corrected chi connectivity index (χ0v) is 16.5. The summed E-state index contributed by atoms with van der Waals surface area (Å²) in [5, 5.41) is 3.24. The van der Waals surface area contributed by atoms with Crippen LogP contribution in [0.1, 0.15) is 23.0 Å². The van der Waals surface area contributed by atoms with Crippen LogP contribution >= 0.6 is 11.6 Å². The lowest BCUT2D eigenvalue weighted by Gasteiger charge is -2.20. The molecular weight excluding hydrogens is 407 g/mol. The van der Waals surface area contributed by atoms with E-state index in [0.717, 1.165) is 0 Å². The van der Waals surface area contributed by atoms with Gasteiger partial charge in [0.15, 0.2) is 11.5 Å². The highest BCUT2D eigenvalue weighted by Gasteiger charge is 2.22. The molecule has 5 nitrogen and oxygen atoms in total. The van der Waals surface area contributed by atoms with E-state index in [4.69, 9.17) is 16.3 Å². The van der Waals surface area contributed by atoms with Crippen molar-refractivity contribution in [2.45, 2.75) is 19.2 Å². The number of nitrogens with one attached hydrogen (secondary N) is 1. The summed E-state index contributed by atoms with van der Waals surface area (Å²) < 4.78 is 51.0. The molecular formula is C20H19ClF3N3O2. The smallest absolute Gasteiger partial charge is 0.387 e. The van der Waals surface area contributed by atoms with Gasteiger partial charge in [0.05, 0.1) is 18.2 Å². The Bertz CT molecular complexity index is 981. The van der Waals surface area contributed by atoms with Crippen molar-refractivity contribution in [2.24, 2.45) is 7.05 Å². The van der Waals surface area contributed by atoms with Gasteiger partial charge in [0, 0.05) is 31.5 Å². The largest absolute Gasteiger partial charge is 0.493 e. The lowest BCUT2D eigenvalue weighted by molar-refractivity contribution is -0.0511. The van der Waals surface area contributed by atoms with Crippen molar-refractivity contribution in [2.75, 3.05) is 7.11 Å². The number of imidazole rings is 1. The molecule has 0 spiro atoms. The van der Waals surface area contributed by atoms with Crippen LogP contribution in [0.25, 0.3) is 0 Å². The van der Waals surface area contributed by atoms with E-state index in [1.54, 1.807) is 35.2 Å². The first-order valence-corrected chi connectivity index (χ1v) is 9.04. The Hall–Kier alpha value is -2.71. The van der Waals surface area contributed by atoms with Crippen LogP contribution < -0.4 is 14.8 Å². The summed E-state index contributed by atoms with van der Waals surface area (Å²) in [6.45, 7) is -2.78. The van der Waals surface area contributed by atoms with Gasteiger partial charge in [0.25, 0.3) is 0 Å². The lowest BCUT2D eigenvalue weighted by atomic mass is 10.0. The van der Waals surface area contributed by atoms with Crippen molar-refractivity contribution in [3.63, 3.8) is 0 Å². The molecule has 2 aromatic carbocycles. The van der Waals surface area contributed by atoms with Gasteiger partial charge in [-0.15, -0.1) is 0 Å². The third-order valence-electron chi connectivity index (χ3n) is 4.34. The van der Waals surface area contributed by atoms with Crippen molar-refractivity contribution < 1.29 is 22.6 Å². The molecule has 0 unspecified atom stereocenters. The highest BCUT2D eigenvalue weighted by molar-refractivity contribution is 6.32. The zero-order chi connectivity index (χ0) is 21.0. The number of halogens is 4. The highest BCUT2D eigenvalue weighted by Crippen LogP contribution is 2.37. The van der Waals surface area contributed by atoms with Crippen molar-refractivity contribution >= 4 is 11.6 Å². The average Bonchev–Trinajstić information content (AvgIpc) is 3.10. The molecule has 0 radical (unpaired) electrons. The molecule has 154 valence electrons. The molecule has 0 saturated heterocycles. The lowest BCUT2D eigenvalue weighted by Crippen LogP contribution is -2.25. The maximum absolute atomic E-state index is 14.4. The molecule has 0 saturated carbocycles. The first kappa shape index (κ1) is 21.0. The fourth-order valence-electron chi connectivity index (χ4n) is 3.00. The fraction of sp³-hybridized carbons (Fsp3) is 0.250. The van der Waals surface area contributed by atoms with Crippen molar-refractivity contribution in [1.29, 1.82) is 0 Å². The van der Waals surface area contributed by atoms with Crippen LogP contribution in [-0.2, 0) is 13.6 Å². The Balaban J connectivity index is 1.90. The number of nitrogens with zero attached hydrogens (tertiary/aromatic N) is 2. The second-order valence-electron chi connectivity index (χ2n) is 6.22. The van der Waals surface area contributed by atoms with E-state index in [1.165, 1.54) is 25.3 Å². The van der Waals surface area contributed by atoms with Gasteiger partial charge in [0.2, 0.25) is 0 Å². The molecule has 9 heteroatoms. The second-order valence-corrected chi connectivity index (χ2v) is 6.63. The van der Waals surface area contributed by atoms with Crippen LogP contribution in [0.5, 0.6) is 11.5 Å². The molecule has 1 heterocycles. The van der Waals surface area contributed by atoms with Crippen molar-refractivity contribution in [1.82, 2.24) is 14.9 Å².